The van der Waals surface area contributed by atoms with Gasteiger partial charge in [-0.25, -0.2) is 0 Å². The number of carbonyl (C=O) groups is 2. The van der Waals surface area contributed by atoms with Gasteiger partial charge in [0.25, 0.3) is 11.8 Å². The molecule has 0 saturated carbocycles. The van der Waals surface area contributed by atoms with Crippen molar-refractivity contribution in [1.82, 2.24) is 5.32 Å². The molecule has 0 unspecified atom stereocenters. The molecule has 0 heterocycles. The van der Waals surface area contributed by atoms with Crippen LogP contribution < -0.4 is 10.6 Å². The van der Waals surface area contributed by atoms with E-state index >= 15 is 0 Å². The first-order valence-corrected chi connectivity index (χ1v) is 9.20. The Morgan fingerprint density at radius 3 is 2.31 bits per heavy atom. The van der Waals surface area contributed by atoms with Crippen molar-refractivity contribution >= 4 is 17.5 Å². The molecule has 2 N–H and O–H groups in total. The second-order valence-corrected chi connectivity index (χ2v) is 6.94. The van der Waals surface area contributed by atoms with Gasteiger partial charge in [-0.1, -0.05) is 45.0 Å². The molecule has 0 aromatic heterocycles. The van der Waals surface area contributed by atoms with Crippen molar-refractivity contribution < 1.29 is 9.59 Å². The highest BCUT2D eigenvalue weighted by Gasteiger charge is 2.13. The third kappa shape index (κ3) is 5.19. The minimum absolute atomic E-state index is 0.148. The lowest BCUT2D eigenvalue weighted by Gasteiger charge is -2.13. The number of nitrogens with one attached hydrogen (secondary N) is 2. The first-order valence-electron chi connectivity index (χ1n) is 9.20. The highest BCUT2D eigenvalue weighted by atomic mass is 16.2. The maximum Gasteiger partial charge on any atom is 0.255 e. The van der Waals surface area contributed by atoms with E-state index in [-0.39, 0.29) is 11.8 Å². The summed E-state index contributed by atoms with van der Waals surface area (Å²) >= 11 is 0. The van der Waals surface area contributed by atoms with E-state index in [1.54, 1.807) is 24.3 Å². The van der Waals surface area contributed by atoms with Crippen molar-refractivity contribution in [3.63, 3.8) is 0 Å². The van der Waals surface area contributed by atoms with Crippen LogP contribution in [0.2, 0.25) is 0 Å². The van der Waals surface area contributed by atoms with Crippen LogP contribution >= 0.6 is 0 Å². The monoisotopic (exact) mass is 352 g/mol. The molecular formula is C22H28N2O2. The van der Waals surface area contributed by atoms with Crippen LogP contribution in [-0.4, -0.2) is 18.4 Å². The second-order valence-electron chi connectivity index (χ2n) is 6.94. The SMILES string of the molecule is CCc1cccc(C)c1NC(=O)c1cccc(C(=O)NCCC(C)C)c1. The molecule has 0 spiro atoms. The summed E-state index contributed by atoms with van der Waals surface area (Å²) < 4.78 is 0. The number of amides is 2. The molecule has 0 atom stereocenters. The van der Waals surface area contributed by atoms with E-state index in [0.717, 1.165) is 29.7 Å². The first-order chi connectivity index (χ1) is 12.4. The topological polar surface area (TPSA) is 58.2 Å². The highest BCUT2D eigenvalue weighted by Crippen LogP contribution is 2.22. The minimum Gasteiger partial charge on any atom is -0.352 e. The minimum atomic E-state index is -0.203. The van der Waals surface area contributed by atoms with Crippen LogP contribution in [0.5, 0.6) is 0 Å². The molecule has 0 aliphatic heterocycles. The Labute approximate surface area is 156 Å². The van der Waals surface area contributed by atoms with Crippen LogP contribution in [0.3, 0.4) is 0 Å². The van der Waals surface area contributed by atoms with Crippen molar-refractivity contribution in [2.75, 3.05) is 11.9 Å². The van der Waals surface area contributed by atoms with Crippen LogP contribution in [0.15, 0.2) is 42.5 Å². The number of rotatable bonds is 7. The molecule has 138 valence electrons. The van der Waals surface area contributed by atoms with Crippen molar-refractivity contribution in [2.24, 2.45) is 5.92 Å². The summed E-state index contributed by atoms with van der Waals surface area (Å²) in [6.07, 6.45) is 1.77. The van der Waals surface area contributed by atoms with Gasteiger partial charge in [-0.2, -0.15) is 0 Å². The van der Waals surface area contributed by atoms with Crippen LogP contribution in [0.4, 0.5) is 5.69 Å². The summed E-state index contributed by atoms with van der Waals surface area (Å²) in [6.45, 7) is 8.91. The Morgan fingerprint density at radius 2 is 1.65 bits per heavy atom. The van der Waals surface area contributed by atoms with Gasteiger partial charge in [-0.15, -0.1) is 0 Å². The zero-order chi connectivity index (χ0) is 19.1. The Hall–Kier alpha value is -2.62. The normalized spacial score (nSPS) is 10.7. The molecule has 2 aromatic carbocycles. The molecule has 26 heavy (non-hydrogen) atoms. The third-order valence-corrected chi connectivity index (χ3v) is 4.37. The van der Waals surface area contributed by atoms with E-state index in [2.05, 4.69) is 31.4 Å². The van der Waals surface area contributed by atoms with Crippen LogP contribution in [0, 0.1) is 12.8 Å². The lowest BCUT2D eigenvalue weighted by atomic mass is 10.0. The predicted molar refractivity (Wildman–Crippen MR) is 107 cm³/mol. The van der Waals surface area contributed by atoms with E-state index in [4.69, 9.17) is 0 Å². The molecule has 2 rings (SSSR count). The number of benzene rings is 2. The zero-order valence-electron chi connectivity index (χ0n) is 16.1. The largest absolute Gasteiger partial charge is 0.352 e. The third-order valence-electron chi connectivity index (χ3n) is 4.37. The molecule has 0 bridgehead atoms. The number of hydrogen-bond acceptors (Lipinski definition) is 2. The smallest absolute Gasteiger partial charge is 0.255 e. The van der Waals surface area contributed by atoms with Crippen LogP contribution in [0.1, 0.15) is 59.0 Å². The van der Waals surface area contributed by atoms with E-state index in [0.29, 0.717) is 23.6 Å². The van der Waals surface area contributed by atoms with Gasteiger partial charge in [0.1, 0.15) is 0 Å². The Balaban J connectivity index is 2.12. The quantitative estimate of drug-likeness (QED) is 0.766. The molecule has 0 radical (unpaired) electrons. The lowest BCUT2D eigenvalue weighted by molar-refractivity contribution is 0.0952. The molecule has 4 nitrogen and oxygen atoms in total. The average Bonchev–Trinajstić information content (AvgIpc) is 2.63. The number of carbonyl (C=O) groups excluding carboxylic acids is 2. The van der Waals surface area contributed by atoms with Gasteiger partial charge in [0.2, 0.25) is 0 Å². The number of anilines is 1. The number of hydrogen-bond donors (Lipinski definition) is 2. The van der Waals surface area contributed by atoms with E-state index in [9.17, 15) is 9.59 Å². The first kappa shape index (κ1) is 19.7. The molecule has 0 saturated heterocycles. The summed E-state index contributed by atoms with van der Waals surface area (Å²) in [5.41, 5.74) is 3.96. The fourth-order valence-electron chi connectivity index (χ4n) is 2.77. The van der Waals surface area contributed by atoms with E-state index in [1.165, 1.54) is 0 Å². The van der Waals surface area contributed by atoms with Crippen molar-refractivity contribution in [3.05, 3.63) is 64.7 Å². The van der Waals surface area contributed by atoms with Gasteiger partial charge in [-0.3, -0.25) is 9.59 Å². The molecule has 0 aliphatic carbocycles. The van der Waals surface area contributed by atoms with Crippen molar-refractivity contribution in [1.29, 1.82) is 0 Å². The Kier molecular flexibility index (Phi) is 6.96. The van der Waals surface area contributed by atoms with Crippen LogP contribution in [0.25, 0.3) is 0 Å². The molecule has 0 aliphatic rings. The average molecular weight is 352 g/mol. The second kappa shape index (κ2) is 9.18. The molecule has 4 heteroatoms. The van der Waals surface area contributed by atoms with Crippen molar-refractivity contribution in [3.8, 4) is 0 Å². The molecular weight excluding hydrogens is 324 g/mol. The number of aryl methyl sites for hydroxylation is 2. The van der Waals surface area contributed by atoms with E-state index in [1.807, 2.05) is 25.1 Å². The fraction of sp³-hybridized carbons (Fsp3) is 0.364. The summed E-state index contributed by atoms with van der Waals surface area (Å²) in [5.74, 6) is 0.186. The standard InChI is InChI=1S/C22H28N2O2/c1-5-17-9-6-8-16(4)20(17)24-22(26)19-11-7-10-18(14-19)21(25)23-13-12-15(2)3/h6-11,14-15H,5,12-13H2,1-4H3,(H,23,25)(H,24,26). The fourth-order valence-corrected chi connectivity index (χ4v) is 2.77. The lowest BCUT2D eigenvalue weighted by Crippen LogP contribution is -2.25. The van der Waals surface area contributed by atoms with Gasteiger partial charge in [0, 0.05) is 23.4 Å². The van der Waals surface area contributed by atoms with Crippen molar-refractivity contribution in [2.45, 2.75) is 40.5 Å². The van der Waals surface area contributed by atoms with Gasteiger partial charge in [0.15, 0.2) is 0 Å². The Bertz CT molecular complexity index is 781. The van der Waals surface area contributed by atoms with Gasteiger partial charge in [0.05, 0.1) is 0 Å². The van der Waals surface area contributed by atoms with Gasteiger partial charge < -0.3 is 10.6 Å². The molecule has 2 aromatic rings. The predicted octanol–water partition coefficient (Wildman–Crippen LogP) is 4.59. The maximum absolute atomic E-state index is 12.7. The summed E-state index contributed by atoms with van der Waals surface area (Å²) in [6, 6.07) is 12.8. The van der Waals surface area contributed by atoms with E-state index < -0.39 is 0 Å². The highest BCUT2D eigenvalue weighted by molar-refractivity contribution is 6.06. The molecule has 2 amide bonds. The van der Waals surface area contributed by atoms with Crippen LogP contribution in [-0.2, 0) is 6.42 Å². The Morgan fingerprint density at radius 1 is 1.00 bits per heavy atom. The van der Waals surface area contributed by atoms with Gasteiger partial charge >= 0.3 is 0 Å². The summed E-state index contributed by atoms with van der Waals surface area (Å²) in [7, 11) is 0. The molecule has 0 fully saturated rings. The summed E-state index contributed by atoms with van der Waals surface area (Å²) in [4.78, 5) is 24.9. The zero-order valence-corrected chi connectivity index (χ0v) is 16.1. The number of para-hydroxylation sites is 1. The maximum atomic E-state index is 12.7. The van der Waals surface area contributed by atoms with Gasteiger partial charge in [-0.05, 0) is 55.0 Å². The summed E-state index contributed by atoms with van der Waals surface area (Å²) in [5, 5.41) is 5.90.